The molecule has 0 atom stereocenters. The summed E-state index contributed by atoms with van der Waals surface area (Å²) in [4.78, 5) is 17.6. The van der Waals surface area contributed by atoms with Gasteiger partial charge in [-0.3, -0.25) is 4.79 Å². The lowest BCUT2D eigenvalue weighted by atomic mass is 10.2. The number of benzene rings is 2. The molecule has 0 aliphatic rings. The highest BCUT2D eigenvalue weighted by Gasteiger charge is 2.16. The number of nitrogens with zero attached hydrogens (tertiary/aromatic N) is 1. The van der Waals surface area contributed by atoms with Gasteiger partial charge in [-0.25, -0.2) is 4.98 Å². The van der Waals surface area contributed by atoms with Crippen molar-refractivity contribution in [3.05, 3.63) is 63.6 Å². The summed E-state index contributed by atoms with van der Waals surface area (Å²) in [7, 11) is 1.62. The summed E-state index contributed by atoms with van der Waals surface area (Å²) < 4.78 is 5.21. The third-order valence-corrected chi connectivity index (χ3v) is 5.24. The van der Waals surface area contributed by atoms with E-state index in [-0.39, 0.29) is 5.91 Å². The highest BCUT2D eigenvalue weighted by Crippen LogP contribution is 2.28. The van der Waals surface area contributed by atoms with Crippen LogP contribution in [0.1, 0.15) is 20.9 Å². The van der Waals surface area contributed by atoms with Gasteiger partial charge in [0.1, 0.15) is 10.6 Å². The van der Waals surface area contributed by atoms with Crippen molar-refractivity contribution in [1.29, 1.82) is 0 Å². The van der Waals surface area contributed by atoms with E-state index in [2.05, 4.69) is 15.6 Å². The quantitative estimate of drug-likeness (QED) is 0.613. The van der Waals surface area contributed by atoms with Crippen molar-refractivity contribution in [2.45, 2.75) is 13.8 Å². The molecule has 0 unspecified atom stereocenters. The van der Waals surface area contributed by atoms with Crippen LogP contribution in [0.5, 0.6) is 5.75 Å². The number of hydrogen-bond acceptors (Lipinski definition) is 5. The number of nitrogens with one attached hydrogen (secondary N) is 2. The number of rotatable bonds is 5. The number of halogens is 1. The lowest BCUT2D eigenvalue weighted by Crippen LogP contribution is -2.11. The van der Waals surface area contributed by atoms with Gasteiger partial charge in [0.25, 0.3) is 5.91 Å². The van der Waals surface area contributed by atoms with E-state index in [0.29, 0.717) is 26.4 Å². The van der Waals surface area contributed by atoms with E-state index in [1.807, 2.05) is 44.2 Å². The summed E-state index contributed by atoms with van der Waals surface area (Å²) in [6.07, 6.45) is 0. The molecule has 2 aromatic carbocycles. The molecule has 5 nitrogen and oxygen atoms in total. The number of methoxy groups -OCH3 is 1. The van der Waals surface area contributed by atoms with Gasteiger partial charge in [0, 0.05) is 22.5 Å². The highest BCUT2D eigenvalue weighted by molar-refractivity contribution is 7.17. The SMILES string of the molecule is COc1cccc(Nc2nc(C)c(C(=O)Nc3ccc(Cl)c(C)c3)s2)c1. The van der Waals surface area contributed by atoms with Crippen molar-refractivity contribution in [2.24, 2.45) is 0 Å². The van der Waals surface area contributed by atoms with E-state index in [0.717, 1.165) is 17.0 Å². The van der Waals surface area contributed by atoms with Gasteiger partial charge in [0.15, 0.2) is 5.13 Å². The molecule has 134 valence electrons. The Morgan fingerprint density at radius 3 is 2.69 bits per heavy atom. The van der Waals surface area contributed by atoms with Crippen molar-refractivity contribution < 1.29 is 9.53 Å². The van der Waals surface area contributed by atoms with Crippen LogP contribution in [-0.4, -0.2) is 18.0 Å². The van der Waals surface area contributed by atoms with Crippen molar-refractivity contribution >= 4 is 45.4 Å². The minimum absolute atomic E-state index is 0.194. The van der Waals surface area contributed by atoms with E-state index in [9.17, 15) is 4.79 Å². The van der Waals surface area contributed by atoms with E-state index in [1.165, 1.54) is 11.3 Å². The van der Waals surface area contributed by atoms with E-state index in [4.69, 9.17) is 16.3 Å². The van der Waals surface area contributed by atoms with Crippen LogP contribution in [0, 0.1) is 13.8 Å². The van der Waals surface area contributed by atoms with Crippen molar-refractivity contribution in [3.8, 4) is 5.75 Å². The summed E-state index contributed by atoms with van der Waals surface area (Å²) in [5.74, 6) is 0.555. The molecule has 2 N–H and O–H groups in total. The lowest BCUT2D eigenvalue weighted by molar-refractivity contribution is 0.103. The van der Waals surface area contributed by atoms with Gasteiger partial charge < -0.3 is 15.4 Å². The molecule has 0 radical (unpaired) electrons. The lowest BCUT2D eigenvalue weighted by Gasteiger charge is -2.06. The molecule has 7 heteroatoms. The molecule has 0 saturated heterocycles. The maximum atomic E-state index is 12.6. The number of carbonyl (C=O) groups excluding carboxylic acids is 1. The number of thiazole rings is 1. The number of hydrogen-bond donors (Lipinski definition) is 2. The molecule has 3 aromatic rings. The van der Waals surface area contributed by atoms with Crippen LogP contribution in [0.4, 0.5) is 16.5 Å². The molecule has 0 spiro atoms. The minimum atomic E-state index is -0.194. The van der Waals surface area contributed by atoms with Crippen LogP contribution in [0.25, 0.3) is 0 Å². The Bertz CT molecular complexity index is 956. The Labute approximate surface area is 161 Å². The predicted molar refractivity (Wildman–Crippen MR) is 107 cm³/mol. The fourth-order valence-corrected chi connectivity index (χ4v) is 3.39. The maximum Gasteiger partial charge on any atom is 0.267 e. The molecule has 3 rings (SSSR count). The number of aryl methyl sites for hydroxylation is 2. The van der Waals surface area contributed by atoms with Crippen LogP contribution in [0.2, 0.25) is 5.02 Å². The molecule has 0 saturated carbocycles. The molecule has 0 bridgehead atoms. The van der Waals surface area contributed by atoms with Gasteiger partial charge in [-0.2, -0.15) is 0 Å². The molecule has 0 aliphatic heterocycles. The topological polar surface area (TPSA) is 63.2 Å². The molecule has 1 heterocycles. The molecular weight excluding hydrogens is 370 g/mol. The largest absolute Gasteiger partial charge is 0.497 e. The van der Waals surface area contributed by atoms with Crippen molar-refractivity contribution in [1.82, 2.24) is 4.98 Å². The van der Waals surface area contributed by atoms with Gasteiger partial charge in [0.2, 0.25) is 0 Å². The molecule has 0 fully saturated rings. The zero-order valence-electron chi connectivity index (χ0n) is 14.6. The van der Waals surface area contributed by atoms with Crippen molar-refractivity contribution in [2.75, 3.05) is 17.7 Å². The summed E-state index contributed by atoms with van der Waals surface area (Å²) >= 11 is 7.32. The summed E-state index contributed by atoms with van der Waals surface area (Å²) in [5, 5.41) is 7.41. The standard InChI is InChI=1S/C19H18ClN3O2S/c1-11-9-14(7-8-16(11)20)22-18(24)17-12(2)21-19(26-17)23-13-5-4-6-15(10-13)25-3/h4-10H,1-3H3,(H,21,23)(H,22,24). The Balaban J connectivity index is 1.76. The number of anilines is 3. The van der Waals surface area contributed by atoms with Gasteiger partial charge >= 0.3 is 0 Å². The van der Waals surface area contributed by atoms with Gasteiger partial charge in [-0.05, 0) is 49.7 Å². The zero-order chi connectivity index (χ0) is 18.7. The number of ether oxygens (including phenoxy) is 1. The first kappa shape index (κ1) is 18.2. The third kappa shape index (κ3) is 4.15. The van der Waals surface area contributed by atoms with E-state index >= 15 is 0 Å². The molecule has 1 amide bonds. The van der Waals surface area contributed by atoms with E-state index in [1.54, 1.807) is 19.2 Å². The first-order chi connectivity index (χ1) is 12.5. The summed E-state index contributed by atoms with van der Waals surface area (Å²) in [5.41, 5.74) is 3.12. The Kier molecular flexibility index (Phi) is 5.44. The van der Waals surface area contributed by atoms with Crippen molar-refractivity contribution in [3.63, 3.8) is 0 Å². The van der Waals surface area contributed by atoms with Gasteiger partial charge in [0.05, 0.1) is 12.8 Å². The normalized spacial score (nSPS) is 10.5. The molecular formula is C19H18ClN3O2S. The second kappa shape index (κ2) is 7.76. The molecule has 0 aliphatic carbocycles. The zero-order valence-corrected chi connectivity index (χ0v) is 16.2. The summed E-state index contributed by atoms with van der Waals surface area (Å²) in [6, 6.07) is 12.9. The number of carbonyl (C=O) groups is 1. The smallest absolute Gasteiger partial charge is 0.267 e. The monoisotopic (exact) mass is 387 g/mol. The second-order valence-electron chi connectivity index (χ2n) is 5.71. The fourth-order valence-electron chi connectivity index (χ4n) is 2.40. The van der Waals surface area contributed by atoms with Crippen LogP contribution in [0.15, 0.2) is 42.5 Å². The Morgan fingerprint density at radius 2 is 1.96 bits per heavy atom. The van der Waals surface area contributed by atoms with Gasteiger partial charge in [-0.1, -0.05) is 29.0 Å². The summed E-state index contributed by atoms with van der Waals surface area (Å²) in [6.45, 7) is 3.71. The van der Waals surface area contributed by atoms with Crippen LogP contribution in [-0.2, 0) is 0 Å². The highest BCUT2D eigenvalue weighted by atomic mass is 35.5. The fraction of sp³-hybridized carbons (Fsp3) is 0.158. The van der Waals surface area contributed by atoms with Gasteiger partial charge in [-0.15, -0.1) is 0 Å². The van der Waals surface area contributed by atoms with Crippen LogP contribution < -0.4 is 15.4 Å². The Hall–Kier alpha value is -2.57. The predicted octanol–water partition coefficient (Wildman–Crippen LogP) is 5.42. The first-order valence-electron chi connectivity index (χ1n) is 7.92. The molecule has 26 heavy (non-hydrogen) atoms. The first-order valence-corrected chi connectivity index (χ1v) is 9.11. The number of amides is 1. The third-order valence-electron chi connectivity index (χ3n) is 3.74. The number of aromatic nitrogens is 1. The van der Waals surface area contributed by atoms with Crippen LogP contribution >= 0.6 is 22.9 Å². The molecule has 1 aromatic heterocycles. The average molecular weight is 388 g/mol. The second-order valence-corrected chi connectivity index (χ2v) is 7.11. The minimum Gasteiger partial charge on any atom is -0.497 e. The van der Waals surface area contributed by atoms with Crippen LogP contribution in [0.3, 0.4) is 0 Å². The Morgan fingerprint density at radius 1 is 1.15 bits per heavy atom. The average Bonchev–Trinajstić information content (AvgIpc) is 2.98. The maximum absolute atomic E-state index is 12.6. The van der Waals surface area contributed by atoms with E-state index < -0.39 is 0 Å².